The van der Waals surface area contributed by atoms with Gasteiger partial charge in [0.1, 0.15) is 10.6 Å². The van der Waals surface area contributed by atoms with E-state index in [1.54, 1.807) is 11.3 Å². The summed E-state index contributed by atoms with van der Waals surface area (Å²) in [5.41, 5.74) is 7.45. The zero-order valence-corrected chi connectivity index (χ0v) is 13.6. The Bertz CT molecular complexity index is 699. The van der Waals surface area contributed by atoms with Crippen LogP contribution in [0.15, 0.2) is 5.16 Å². The summed E-state index contributed by atoms with van der Waals surface area (Å²) in [4.78, 5) is 22.4. The maximum Gasteiger partial charge on any atom is 0.316 e. The Kier molecular flexibility index (Phi) is 4.03. The average Bonchev–Trinajstić information content (AvgIpc) is 2.82. The third-order valence-corrected chi connectivity index (χ3v) is 5.68. The van der Waals surface area contributed by atoms with E-state index in [9.17, 15) is 4.79 Å². The Balaban J connectivity index is 1.95. The van der Waals surface area contributed by atoms with Crippen LogP contribution in [0.4, 0.5) is 5.82 Å². The van der Waals surface area contributed by atoms with Crippen LogP contribution in [0.5, 0.6) is 0 Å². The molecule has 0 saturated heterocycles. The first kappa shape index (κ1) is 14.6. The smallest absolute Gasteiger partial charge is 0.316 e. The van der Waals surface area contributed by atoms with E-state index < -0.39 is 0 Å². The highest BCUT2D eigenvalue weighted by atomic mass is 32.2. The molecule has 0 saturated carbocycles. The van der Waals surface area contributed by atoms with Crippen molar-refractivity contribution in [2.24, 2.45) is 5.92 Å². The summed E-state index contributed by atoms with van der Waals surface area (Å²) in [5.74, 6) is 1.15. The van der Waals surface area contributed by atoms with Crippen LogP contribution in [0, 0.1) is 5.92 Å². The number of aryl methyl sites for hydroxylation is 1. The predicted octanol–water partition coefficient (Wildman–Crippen LogP) is 2.66. The molecule has 2 aromatic rings. The molecule has 112 valence electrons. The van der Waals surface area contributed by atoms with Crippen LogP contribution in [0.2, 0.25) is 0 Å². The van der Waals surface area contributed by atoms with Crippen molar-refractivity contribution in [2.75, 3.05) is 18.6 Å². The first-order valence-corrected chi connectivity index (χ1v) is 8.66. The number of carbonyl (C=O) groups excluding carboxylic acids is 1. The number of nitrogens with two attached hydrogens (primary N) is 1. The third-order valence-electron chi connectivity index (χ3n) is 3.71. The zero-order valence-electron chi connectivity index (χ0n) is 12.0. The SMILES string of the molecule is COC(=O)CSc1nc(N)c2c3c(sc2n1)C[C@H](C)CC3. The van der Waals surface area contributed by atoms with Crippen LogP contribution in [0.25, 0.3) is 10.2 Å². The number of nitrogen functional groups attached to an aromatic ring is 1. The van der Waals surface area contributed by atoms with Crippen molar-refractivity contribution in [1.29, 1.82) is 0 Å². The van der Waals surface area contributed by atoms with Gasteiger partial charge < -0.3 is 10.5 Å². The lowest BCUT2D eigenvalue weighted by molar-refractivity contribution is -0.137. The van der Waals surface area contributed by atoms with Gasteiger partial charge in [-0.25, -0.2) is 9.97 Å². The molecular formula is C14H17N3O2S2. The van der Waals surface area contributed by atoms with Crippen molar-refractivity contribution in [3.8, 4) is 0 Å². The van der Waals surface area contributed by atoms with Gasteiger partial charge in [-0.15, -0.1) is 11.3 Å². The molecule has 0 aliphatic heterocycles. The minimum atomic E-state index is -0.290. The standard InChI is InChI=1S/C14H17N3O2S2/c1-7-3-4-8-9(5-7)21-13-11(8)12(15)16-14(17-13)20-6-10(18)19-2/h7H,3-6H2,1-2H3,(H2,15,16,17)/t7-/m1/s1. The first-order valence-electron chi connectivity index (χ1n) is 6.86. The second-order valence-corrected chi connectivity index (χ2v) is 7.31. The molecule has 0 unspecified atom stereocenters. The monoisotopic (exact) mass is 323 g/mol. The number of carbonyl (C=O) groups is 1. The van der Waals surface area contributed by atoms with Gasteiger partial charge >= 0.3 is 5.97 Å². The van der Waals surface area contributed by atoms with Crippen molar-refractivity contribution >= 4 is 45.1 Å². The summed E-state index contributed by atoms with van der Waals surface area (Å²) < 4.78 is 4.62. The number of methoxy groups -OCH3 is 1. The summed E-state index contributed by atoms with van der Waals surface area (Å²) in [6, 6.07) is 0. The van der Waals surface area contributed by atoms with Gasteiger partial charge in [0.15, 0.2) is 5.16 Å². The molecule has 0 aromatic carbocycles. The number of thioether (sulfide) groups is 1. The number of nitrogens with zero attached hydrogens (tertiary/aromatic N) is 2. The molecule has 1 aliphatic carbocycles. The molecule has 7 heteroatoms. The molecule has 5 nitrogen and oxygen atoms in total. The number of thiophene rings is 1. The highest BCUT2D eigenvalue weighted by Crippen LogP contribution is 2.39. The number of ether oxygens (including phenoxy) is 1. The summed E-state index contributed by atoms with van der Waals surface area (Å²) in [7, 11) is 1.37. The van der Waals surface area contributed by atoms with E-state index in [1.807, 2.05) is 0 Å². The summed E-state index contributed by atoms with van der Waals surface area (Å²) in [5, 5.41) is 1.56. The van der Waals surface area contributed by atoms with E-state index in [-0.39, 0.29) is 11.7 Å². The fourth-order valence-electron chi connectivity index (χ4n) is 2.60. The van der Waals surface area contributed by atoms with Gasteiger partial charge in [-0.05, 0) is 30.7 Å². The highest BCUT2D eigenvalue weighted by Gasteiger charge is 2.23. The fourth-order valence-corrected chi connectivity index (χ4v) is 4.73. The van der Waals surface area contributed by atoms with Gasteiger partial charge in [-0.1, -0.05) is 18.7 Å². The van der Waals surface area contributed by atoms with Crippen molar-refractivity contribution < 1.29 is 9.53 Å². The molecule has 3 rings (SSSR count). The molecule has 0 fully saturated rings. The molecule has 2 aromatic heterocycles. The van der Waals surface area contributed by atoms with Gasteiger partial charge in [0.25, 0.3) is 0 Å². The normalized spacial score (nSPS) is 17.7. The average molecular weight is 323 g/mol. The van der Waals surface area contributed by atoms with Crippen LogP contribution in [0.1, 0.15) is 23.8 Å². The molecule has 0 bridgehead atoms. The van der Waals surface area contributed by atoms with Crippen LogP contribution >= 0.6 is 23.1 Å². The Morgan fingerprint density at radius 3 is 3.10 bits per heavy atom. The molecule has 2 heterocycles. The number of aromatic nitrogens is 2. The predicted molar refractivity (Wildman–Crippen MR) is 85.8 cm³/mol. The maximum absolute atomic E-state index is 11.2. The Labute approximate surface area is 131 Å². The number of hydrogen-bond donors (Lipinski definition) is 1. The number of esters is 1. The fraction of sp³-hybridized carbons (Fsp3) is 0.500. The van der Waals surface area contributed by atoms with Gasteiger partial charge in [-0.2, -0.15) is 0 Å². The molecule has 1 aliphatic rings. The molecule has 2 N–H and O–H groups in total. The minimum absolute atomic E-state index is 0.198. The van der Waals surface area contributed by atoms with E-state index in [2.05, 4.69) is 21.6 Å². The molecule has 21 heavy (non-hydrogen) atoms. The van der Waals surface area contributed by atoms with Gasteiger partial charge in [0.2, 0.25) is 0 Å². The molecule has 0 spiro atoms. The Morgan fingerprint density at radius 2 is 2.33 bits per heavy atom. The van der Waals surface area contributed by atoms with E-state index >= 15 is 0 Å². The lowest BCUT2D eigenvalue weighted by Gasteiger charge is -2.17. The Hall–Kier alpha value is -1.34. The third kappa shape index (κ3) is 2.85. The van der Waals surface area contributed by atoms with Crippen molar-refractivity contribution in [1.82, 2.24) is 9.97 Å². The second kappa shape index (κ2) is 5.81. The number of anilines is 1. The first-order chi connectivity index (χ1) is 10.1. The lowest BCUT2D eigenvalue weighted by Crippen LogP contribution is -2.09. The molecule has 1 atom stereocenters. The van der Waals surface area contributed by atoms with Crippen molar-refractivity contribution in [3.05, 3.63) is 10.4 Å². The molecular weight excluding hydrogens is 306 g/mol. The largest absolute Gasteiger partial charge is 0.468 e. The maximum atomic E-state index is 11.2. The van der Waals surface area contributed by atoms with E-state index in [0.29, 0.717) is 16.9 Å². The van der Waals surface area contributed by atoms with Gasteiger partial charge in [-0.3, -0.25) is 4.79 Å². The van der Waals surface area contributed by atoms with Crippen LogP contribution in [-0.2, 0) is 22.4 Å². The summed E-state index contributed by atoms with van der Waals surface area (Å²) in [6.07, 6.45) is 3.34. The van der Waals surface area contributed by atoms with Crippen LogP contribution in [-0.4, -0.2) is 28.8 Å². The van der Waals surface area contributed by atoms with Gasteiger partial charge in [0.05, 0.1) is 18.2 Å². The zero-order chi connectivity index (χ0) is 15.0. The topological polar surface area (TPSA) is 78.1 Å². The van der Waals surface area contributed by atoms with Crippen LogP contribution in [0.3, 0.4) is 0 Å². The number of rotatable bonds is 3. The minimum Gasteiger partial charge on any atom is -0.468 e. The second-order valence-electron chi connectivity index (χ2n) is 5.29. The van der Waals surface area contributed by atoms with Crippen LogP contribution < -0.4 is 5.73 Å². The van der Waals surface area contributed by atoms with Crippen molar-refractivity contribution in [3.63, 3.8) is 0 Å². The number of fused-ring (bicyclic) bond motifs is 3. The van der Waals surface area contributed by atoms with E-state index in [0.717, 1.165) is 23.1 Å². The quantitative estimate of drug-likeness (QED) is 0.531. The molecule has 0 radical (unpaired) electrons. The van der Waals surface area contributed by atoms with E-state index in [1.165, 1.54) is 35.7 Å². The van der Waals surface area contributed by atoms with Gasteiger partial charge in [0, 0.05) is 4.88 Å². The molecule has 0 amide bonds. The highest BCUT2D eigenvalue weighted by molar-refractivity contribution is 7.99. The lowest BCUT2D eigenvalue weighted by atomic mass is 9.89. The number of hydrogen-bond acceptors (Lipinski definition) is 7. The summed E-state index contributed by atoms with van der Waals surface area (Å²) >= 11 is 2.97. The van der Waals surface area contributed by atoms with E-state index in [4.69, 9.17) is 5.73 Å². The van der Waals surface area contributed by atoms with Crippen molar-refractivity contribution in [2.45, 2.75) is 31.3 Å². The summed E-state index contributed by atoms with van der Waals surface area (Å²) in [6.45, 7) is 2.28. The Morgan fingerprint density at radius 1 is 1.52 bits per heavy atom.